The molecule has 22 heavy (non-hydrogen) atoms. The number of carbonyl (C=O) groups excluding carboxylic acids is 1. The van der Waals surface area contributed by atoms with Gasteiger partial charge < -0.3 is 16.1 Å². The van der Waals surface area contributed by atoms with E-state index in [-0.39, 0.29) is 11.7 Å². The SMILES string of the molecule is CN(CCCNC(=O)CSc1nncn1N)c1ccccc1. The smallest absolute Gasteiger partial charge is 0.230 e. The van der Waals surface area contributed by atoms with Crippen molar-refractivity contribution >= 4 is 23.4 Å². The van der Waals surface area contributed by atoms with Gasteiger partial charge >= 0.3 is 0 Å². The number of anilines is 1. The van der Waals surface area contributed by atoms with E-state index in [2.05, 4.69) is 32.5 Å². The van der Waals surface area contributed by atoms with Crippen molar-refractivity contribution in [1.82, 2.24) is 20.2 Å². The highest BCUT2D eigenvalue weighted by molar-refractivity contribution is 7.99. The summed E-state index contributed by atoms with van der Waals surface area (Å²) >= 11 is 1.26. The lowest BCUT2D eigenvalue weighted by Crippen LogP contribution is -2.29. The molecule has 8 heteroatoms. The van der Waals surface area contributed by atoms with Crippen LogP contribution >= 0.6 is 11.8 Å². The van der Waals surface area contributed by atoms with Gasteiger partial charge in [0, 0.05) is 25.8 Å². The fourth-order valence-electron chi connectivity index (χ4n) is 1.87. The van der Waals surface area contributed by atoms with Gasteiger partial charge in [0.25, 0.3) is 0 Å². The molecule has 0 aliphatic rings. The van der Waals surface area contributed by atoms with Crippen molar-refractivity contribution in [3.63, 3.8) is 0 Å². The van der Waals surface area contributed by atoms with Crippen LogP contribution in [0.1, 0.15) is 6.42 Å². The second-order valence-corrected chi connectivity index (χ2v) is 5.71. The quantitative estimate of drug-likeness (QED) is 0.423. The van der Waals surface area contributed by atoms with Crippen molar-refractivity contribution in [1.29, 1.82) is 0 Å². The average Bonchev–Trinajstić information content (AvgIpc) is 2.95. The van der Waals surface area contributed by atoms with Crippen LogP contribution in [-0.2, 0) is 4.79 Å². The highest BCUT2D eigenvalue weighted by Gasteiger charge is 2.07. The molecule has 0 fully saturated rings. The molecule has 3 N–H and O–H groups in total. The molecular weight excluding hydrogens is 300 g/mol. The number of amides is 1. The van der Waals surface area contributed by atoms with Crippen LogP contribution < -0.4 is 16.1 Å². The van der Waals surface area contributed by atoms with E-state index < -0.39 is 0 Å². The molecule has 0 radical (unpaired) electrons. The molecule has 0 spiro atoms. The van der Waals surface area contributed by atoms with Crippen molar-refractivity contribution in [2.24, 2.45) is 0 Å². The minimum atomic E-state index is -0.0321. The molecule has 0 atom stereocenters. The summed E-state index contributed by atoms with van der Waals surface area (Å²) in [5.41, 5.74) is 1.17. The summed E-state index contributed by atoms with van der Waals surface area (Å²) in [4.78, 5) is 13.9. The fraction of sp³-hybridized carbons (Fsp3) is 0.357. The highest BCUT2D eigenvalue weighted by Crippen LogP contribution is 2.12. The Bertz CT molecular complexity index is 588. The van der Waals surface area contributed by atoms with E-state index in [4.69, 9.17) is 5.84 Å². The molecule has 0 bridgehead atoms. The summed E-state index contributed by atoms with van der Waals surface area (Å²) in [5, 5.41) is 10.9. The van der Waals surface area contributed by atoms with E-state index in [0.717, 1.165) is 13.0 Å². The first-order valence-electron chi connectivity index (χ1n) is 6.97. The number of thioether (sulfide) groups is 1. The topological polar surface area (TPSA) is 89.1 Å². The van der Waals surface area contributed by atoms with Crippen molar-refractivity contribution in [2.75, 3.05) is 36.6 Å². The van der Waals surface area contributed by atoms with Gasteiger partial charge in [-0.1, -0.05) is 30.0 Å². The number of hydrogen-bond donors (Lipinski definition) is 2. The first-order chi connectivity index (χ1) is 10.7. The summed E-state index contributed by atoms with van der Waals surface area (Å²) < 4.78 is 1.30. The van der Waals surface area contributed by atoms with Crippen LogP contribution in [0.15, 0.2) is 41.8 Å². The van der Waals surface area contributed by atoms with Crippen LogP contribution in [0.2, 0.25) is 0 Å². The highest BCUT2D eigenvalue weighted by atomic mass is 32.2. The molecule has 1 heterocycles. The third-order valence-electron chi connectivity index (χ3n) is 3.06. The van der Waals surface area contributed by atoms with Crippen molar-refractivity contribution in [3.8, 4) is 0 Å². The van der Waals surface area contributed by atoms with Crippen molar-refractivity contribution in [2.45, 2.75) is 11.6 Å². The zero-order chi connectivity index (χ0) is 15.8. The van der Waals surface area contributed by atoms with Gasteiger partial charge in [0.2, 0.25) is 11.1 Å². The molecule has 0 aliphatic heterocycles. The number of nitrogens with two attached hydrogens (primary N) is 1. The van der Waals surface area contributed by atoms with Crippen LogP contribution in [0.25, 0.3) is 0 Å². The predicted octanol–water partition coefficient (Wildman–Crippen LogP) is 0.727. The zero-order valence-corrected chi connectivity index (χ0v) is 13.3. The Kier molecular flexibility index (Phi) is 6.08. The van der Waals surface area contributed by atoms with E-state index in [1.807, 2.05) is 25.2 Å². The Labute approximate surface area is 133 Å². The molecule has 1 amide bonds. The Hall–Kier alpha value is -2.22. The largest absolute Gasteiger partial charge is 0.375 e. The van der Waals surface area contributed by atoms with Crippen LogP contribution in [-0.4, -0.2) is 46.7 Å². The van der Waals surface area contributed by atoms with Crippen LogP contribution in [0.5, 0.6) is 0 Å². The molecule has 0 saturated heterocycles. The van der Waals surface area contributed by atoms with Gasteiger partial charge in [0.15, 0.2) is 0 Å². The summed E-state index contributed by atoms with van der Waals surface area (Å²) in [5.74, 6) is 5.82. The Morgan fingerprint density at radius 3 is 2.86 bits per heavy atom. The third kappa shape index (κ3) is 4.96. The van der Waals surface area contributed by atoms with Gasteiger partial charge in [-0.2, -0.15) is 0 Å². The number of para-hydroxylation sites is 1. The molecular formula is C14H20N6OS. The van der Waals surface area contributed by atoms with Gasteiger partial charge in [0.1, 0.15) is 6.33 Å². The zero-order valence-electron chi connectivity index (χ0n) is 12.5. The van der Waals surface area contributed by atoms with E-state index >= 15 is 0 Å². The van der Waals surface area contributed by atoms with E-state index in [0.29, 0.717) is 11.7 Å². The van der Waals surface area contributed by atoms with Crippen LogP contribution in [0.3, 0.4) is 0 Å². The monoisotopic (exact) mass is 320 g/mol. The van der Waals surface area contributed by atoms with Gasteiger partial charge in [-0.05, 0) is 18.6 Å². The van der Waals surface area contributed by atoms with Crippen molar-refractivity contribution in [3.05, 3.63) is 36.7 Å². The molecule has 1 aromatic carbocycles. The maximum atomic E-state index is 11.7. The number of nitrogens with one attached hydrogen (secondary N) is 1. The van der Waals surface area contributed by atoms with Crippen LogP contribution in [0, 0.1) is 0 Å². The lowest BCUT2D eigenvalue weighted by Gasteiger charge is -2.19. The van der Waals surface area contributed by atoms with E-state index in [1.54, 1.807) is 0 Å². The van der Waals surface area contributed by atoms with Crippen LogP contribution in [0.4, 0.5) is 5.69 Å². The molecule has 0 unspecified atom stereocenters. The number of rotatable bonds is 8. The van der Waals surface area contributed by atoms with Gasteiger partial charge in [0.05, 0.1) is 5.75 Å². The van der Waals surface area contributed by atoms with Gasteiger partial charge in [-0.25, -0.2) is 4.68 Å². The van der Waals surface area contributed by atoms with E-state index in [1.165, 1.54) is 28.5 Å². The first-order valence-corrected chi connectivity index (χ1v) is 7.96. The summed E-state index contributed by atoms with van der Waals surface area (Å²) in [6.45, 7) is 1.53. The first kappa shape index (κ1) is 16.2. The second kappa shape index (κ2) is 8.28. The molecule has 7 nitrogen and oxygen atoms in total. The second-order valence-electron chi connectivity index (χ2n) is 4.77. The molecule has 0 aliphatic carbocycles. The number of carbonyl (C=O) groups is 1. The average molecular weight is 320 g/mol. The number of nitrogen functional groups attached to an aromatic ring is 1. The minimum absolute atomic E-state index is 0.0321. The summed E-state index contributed by atoms with van der Waals surface area (Å²) in [6, 6.07) is 10.2. The van der Waals surface area contributed by atoms with Crippen molar-refractivity contribution < 1.29 is 4.79 Å². The lowest BCUT2D eigenvalue weighted by atomic mass is 10.3. The molecule has 2 rings (SSSR count). The molecule has 118 valence electrons. The normalized spacial score (nSPS) is 10.4. The minimum Gasteiger partial charge on any atom is -0.375 e. The summed E-state index contributed by atoms with van der Waals surface area (Å²) in [6.07, 6.45) is 2.29. The van der Waals surface area contributed by atoms with E-state index in [9.17, 15) is 4.79 Å². The Morgan fingerprint density at radius 2 is 2.18 bits per heavy atom. The maximum absolute atomic E-state index is 11.7. The maximum Gasteiger partial charge on any atom is 0.230 e. The third-order valence-corrected chi connectivity index (χ3v) is 4.02. The lowest BCUT2D eigenvalue weighted by molar-refractivity contribution is -0.118. The predicted molar refractivity (Wildman–Crippen MR) is 88.2 cm³/mol. The Balaban J connectivity index is 1.60. The van der Waals surface area contributed by atoms with Gasteiger partial charge in [-0.15, -0.1) is 10.2 Å². The molecule has 1 aromatic heterocycles. The number of aromatic nitrogens is 3. The van der Waals surface area contributed by atoms with Gasteiger partial charge in [-0.3, -0.25) is 4.79 Å². The number of nitrogens with zero attached hydrogens (tertiary/aromatic N) is 4. The molecule has 0 saturated carbocycles. The Morgan fingerprint density at radius 1 is 1.41 bits per heavy atom. The number of benzene rings is 1. The standard InChI is InChI=1S/C14H20N6OS/c1-19(12-6-3-2-4-7-12)9-5-8-16-13(21)10-22-14-18-17-11-20(14)15/h2-4,6-7,11H,5,8-10,15H2,1H3,(H,16,21). The summed E-state index contributed by atoms with van der Waals surface area (Å²) in [7, 11) is 2.04. The number of hydrogen-bond acceptors (Lipinski definition) is 6. The fourth-order valence-corrected chi connectivity index (χ4v) is 2.54. The molecule has 2 aromatic rings.